The van der Waals surface area contributed by atoms with Crippen LogP contribution in [-0.4, -0.2) is 29.9 Å². The van der Waals surface area contributed by atoms with E-state index in [1.54, 1.807) is 0 Å². The first-order valence-electron chi connectivity index (χ1n) is 5.61. The Bertz CT molecular complexity index is 502. The van der Waals surface area contributed by atoms with E-state index in [0.29, 0.717) is 5.92 Å². The van der Waals surface area contributed by atoms with Gasteiger partial charge in [-0.05, 0) is 25.1 Å². The van der Waals surface area contributed by atoms with Gasteiger partial charge >= 0.3 is 0 Å². The number of ether oxygens (including phenoxy) is 1. The molecule has 1 saturated heterocycles. The zero-order valence-corrected chi connectivity index (χ0v) is 9.29. The Labute approximate surface area is 94.0 Å². The average Bonchev–Trinajstić information content (AvgIpc) is 2.58. The molecule has 84 valence electrons. The molecule has 4 nitrogen and oxygen atoms in total. The molecule has 1 fully saturated rings. The summed E-state index contributed by atoms with van der Waals surface area (Å²) in [5, 5.41) is 11.5. The van der Waals surface area contributed by atoms with E-state index in [1.165, 1.54) is 0 Å². The predicted octanol–water partition coefficient (Wildman–Crippen LogP) is 1.47. The third-order valence-electron chi connectivity index (χ3n) is 3.07. The summed E-state index contributed by atoms with van der Waals surface area (Å²) in [6.07, 6.45) is 0. The number of hydrogen-bond acceptors (Lipinski definition) is 3. The first kappa shape index (κ1) is 9.66. The number of nitrogens with zero attached hydrogens (tertiary/aromatic N) is 1. The van der Waals surface area contributed by atoms with Crippen LogP contribution in [0.4, 0.5) is 0 Å². The quantitative estimate of drug-likeness (QED) is 0.818. The molecule has 2 heterocycles. The van der Waals surface area contributed by atoms with Crippen molar-refractivity contribution in [2.75, 3.05) is 19.7 Å². The number of aromatic nitrogens is 2. The molecule has 2 N–H and O–H groups in total. The third kappa shape index (κ3) is 1.65. The van der Waals surface area contributed by atoms with Crippen molar-refractivity contribution in [3.05, 3.63) is 23.9 Å². The molecule has 4 heteroatoms. The molecular weight excluding hydrogens is 202 g/mol. The van der Waals surface area contributed by atoms with Crippen LogP contribution in [0, 0.1) is 12.8 Å². The molecule has 0 atom stereocenters. The molecule has 0 radical (unpaired) electrons. The monoisotopic (exact) mass is 217 g/mol. The zero-order chi connectivity index (χ0) is 11.0. The first-order chi connectivity index (χ1) is 7.83. The van der Waals surface area contributed by atoms with E-state index < -0.39 is 0 Å². The summed E-state index contributed by atoms with van der Waals surface area (Å²) in [5.41, 5.74) is 2.08. The molecule has 3 rings (SSSR count). The van der Waals surface area contributed by atoms with Crippen LogP contribution in [0.3, 0.4) is 0 Å². The van der Waals surface area contributed by atoms with Crippen LogP contribution in [0.2, 0.25) is 0 Å². The summed E-state index contributed by atoms with van der Waals surface area (Å²) in [7, 11) is 0. The number of H-pyrrole nitrogens is 1. The van der Waals surface area contributed by atoms with E-state index in [9.17, 15) is 0 Å². The van der Waals surface area contributed by atoms with Crippen LogP contribution in [-0.2, 0) is 0 Å². The molecule has 0 saturated carbocycles. The normalized spacial score (nSPS) is 16.3. The first-order valence-corrected chi connectivity index (χ1v) is 5.61. The Balaban J connectivity index is 1.78. The van der Waals surface area contributed by atoms with Crippen molar-refractivity contribution in [2.45, 2.75) is 6.92 Å². The van der Waals surface area contributed by atoms with Gasteiger partial charge in [0, 0.05) is 30.1 Å². The number of rotatable bonds is 3. The van der Waals surface area contributed by atoms with Gasteiger partial charge in [0.25, 0.3) is 0 Å². The summed E-state index contributed by atoms with van der Waals surface area (Å²) >= 11 is 0. The van der Waals surface area contributed by atoms with Crippen molar-refractivity contribution in [1.82, 2.24) is 15.5 Å². The van der Waals surface area contributed by atoms with Crippen LogP contribution < -0.4 is 10.1 Å². The number of nitrogens with one attached hydrogen (secondary N) is 2. The standard InChI is InChI=1S/C12H15N3O/c1-8-11-4-10(2-3-12(11)15-14-8)16-7-9-5-13-6-9/h2-4,9,13H,5-7H2,1H3,(H,14,15). The molecule has 1 aliphatic heterocycles. The average molecular weight is 217 g/mol. The van der Waals surface area contributed by atoms with Gasteiger partial charge in [-0.25, -0.2) is 0 Å². The van der Waals surface area contributed by atoms with Crippen molar-refractivity contribution < 1.29 is 4.74 Å². The molecule has 1 aromatic carbocycles. The Morgan fingerprint density at radius 2 is 2.31 bits per heavy atom. The second-order valence-corrected chi connectivity index (χ2v) is 4.36. The second-order valence-electron chi connectivity index (χ2n) is 4.36. The van der Waals surface area contributed by atoms with Gasteiger partial charge in [0.05, 0.1) is 12.1 Å². The Morgan fingerprint density at radius 1 is 1.44 bits per heavy atom. The van der Waals surface area contributed by atoms with Gasteiger partial charge < -0.3 is 10.1 Å². The van der Waals surface area contributed by atoms with Gasteiger partial charge in [-0.2, -0.15) is 5.10 Å². The lowest BCUT2D eigenvalue weighted by Gasteiger charge is -2.26. The Hall–Kier alpha value is -1.55. The van der Waals surface area contributed by atoms with E-state index in [4.69, 9.17) is 4.74 Å². The van der Waals surface area contributed by atoms with E-state index in [2.05, 4.69) is 21.6 Å². The molecule has 0 spiro atoms. The highest BCUT2D eigenvalue weighted by Crippen LogP contribution is 2.22. The minimum Gasteiger partial charge on any atom is -0.493 e. The number of aromatic amines is 1. The number of hydrogen-bond donors (Lipinski definition) is 2. The van der Waals surface area contributed by atoms with Crippen molar-refractivity contribution >= 4 is 10.9 Å². The van der Waals surface area contributed by atoms with Crippen LogP contribution in [0.15, 0.2) is 18.2 Å². The number of aryl methyl sites for hydroxylation is 1. The summed E-state index contributed by atoms with van der Waals surface area (Å²) in [6, 6.07) is 6.03. The van der Waals surface area contributed by atoms with Crippen molar-refractivity contribution in [2.24, 2.45) is 5.92 Å². The van der Waals surface area contributed by atoms with Gasteiger partial charge in [0.1, 0.15) is 5.75 Å². The lowest BCUT2D eigenvalue weighted by Crippen LogP contribution is -2.45. The van der Waals surface area contributed by atoms with E-state index in [1.807, 2.05) is 19.1 Å². The lowest BCUT2D eigenvalue weighted by atomic mass is 10.1. The lowest BCUT2D eigenvalue weighted by molar-refractivity contribution is 0.199. The molecule has 2 aromatic rings. The summed E-state index contributed by atoms with van der Waals surface area (Å²) in [6.45, 7) is 4.98. The maximum absolute atomic E-state index is 5.76. The van der Waals surface area contributed by atoms with Gasteiger partial charge in [0.15, 0.2) is 0 Å². The highest BCUT2D eigenvalue weighted by molar-refractivity contribution is 5.82. The van der Waals surface area contributed by atoms with Crippen molar-refractivity contribution in [1.29, 1.82) is 0 Å². The van der Waals surface area contributed by atoms with Crippen molar-refractivity contribution in [3.8, 4) is 5.75 Å². The van der Waals surface area contributed by atoms with Gasteiger partial charge in [-0.15, -0.1) is 0 Å². The summed E-state index contributed by atoms with van der Waals surface area (Å²) in [4.78, 5) is 0. The topological polar surface area (TPSA) is 49.9 Å². The molecule has 16 heavy (non-hydrogen) atoms. The van der Waals surface area contributed by atoms with Gasteiger partial charge in [-0.3, -0.25) is 5.10 Å². The zero-order valence-electron chi connectivity index (χ0n) is 9.29. The SMILES string of the molecule is Cc1[nH]nc2ccc(OCC3CNC3)cc12. The fourth-order valence-electron chi connectivity index (χ4n) is 1.89. The van der Waals surface area contributed by atoms with Crippen LogP contribution >= 0.6 is 0 Å². The fraction of sp³-hybridized carbons (Fsp3) is 0.417. The van der Waals surface area contributed by atoms with Gasteiger partial charge in [0.2, 0.25) is 0 Å². The largest absolute Gasteiger partial charge is 0.493 e. The molecule has 0 bridgehead atoms. The molecule has 1 aromatic heterocycles. The summed E-state index contributed by atoms with van der Waals surface area (Å²) < 4.78 is 5.76. The minimum atomic E-state index is 0.668. The number of benzene rings is 1. The van der Waals surface area contributed by atoms with Gasteiger partial charge in [-0.1, -0.05) is 0 Å². The van der Waals surface area contributed by atoms with E-state index in [0.717, 1.165) is 42.0 Å². The third-order valence-corrected chi connectivity index (χ3v) is 3.07. The highest BCUT2D eigenvalue weighted by Gasteiger charge is 2.17. The fourth-order valence-corrected chi connectivity index (χ4v) is 1.89. The molecule has 0 aliphatic carbocycles. The maximum Gasteiger partial charge on any atom is 0.120 e. The molecule has 0 unspecified atom stereocenters. The van der Waals surface area contributed by atoms with Crippen molar-refractivity contribution in [3.63, 3.8) is 0 Å². The number of fused-ring (bicyclic) bond motifs is 1. The maximum atomic E-state index is 5.76. The summed E-state index contributed by atoms with van der Waals surface area (Å²) in [5.74, 6) is 1.60. The molecular formula is C12H15N3O. The van der Waals surface area contributed by atoms with Crippen LogP contribution in [0.5, 0.6) is 5.75 Å². The van der Waals surface area contributed by atoms with E-state index in [-0.39, 0.29) is 0 Å². The smallest absolute Gasteiger partial charge is 0.120 e. The molecule has 1 aliphatic rings. The van der Waals surface area contributed by atoms with Crippen LogP contribution in [0.1, 0.15) is 5.69 Å². The second kappa shape index (κ2) is 3.79. The highest BCUT2D eigenvalue weighted by atomic mass is 16.5. The Kier molecular flexibility index (Phi) is 2.29. The van der Waals surface area contributed by atoms with Crippen LogP contribution in [0.25, 0.3) is 10.9 Å². The molecule has 0 amide bonds. The Morgan fingerprint density at radius 3 is 3.06 bits per heavy atom. The minimum absolute atomic E-state index is 0.668. The predicted molar refractivity (Wildman–Crippen MR) is 62.7 cm³/mol. The van der Waals surface area contributed by atoms with E-state index >= 15 is 0 Å².